The Morgan fingerprint density at radius 3 is 2.47 bits per heavy atom. The van der Waals surface area contributed by atoms with Crippen LogP contribution >= 0.6 is 17.0 Å². The summed E-state index contributed by atoms with van der Waals surface area (Å²) < 4.78 is 7.10. The monoisotopic (exact) mass is 386 g/mol. The van der Waals surface area contributed by atoms with Crippen LogP contribution in [0.1, 0.15) is 12.0 Å². The van der Waals surface area contributed by atoms with E-state index in [4.69, 9.17) is 0 Å². The summed E-state index contributed by atoms with van der Waals surface area (Å²) in [5.41, 5.74) is 1.56. The molecular formula is C14H21BrSiZr. The van der Waals surface area contributed by atoms with Crippen molar-refractivity contribution in [1.82, 2.24) is 0 Å². The van der Waals surface area contributed by atoms with Crippen LogP contribution in [0.15, 0.2) is 51.8 Å². The second-order valence-corrected chi connectivity index (χ2v) is 31.2. The van der Waals surface area contributed by atoms with Crippen LogP contribution in [0.3, 0.4) is 0 Å². The molecule has 1 aromatic rings. The Hall–Kier alpha value is 0.280. The quantitative estimate of drug-likeness (QED) is 0.686. The van der Waals surface area contributed by atoms with Gasteiger partial charge in [0.2, 0.25) is 0 Å². The van der Waals surface area contributed by atoms with Crippen molar-refractivity contribution < 1.29 is 19.4 Å². The molecule has 0 unspecified atom stereocenters. The molecule has 0 heterocycles. The molecule has 0 spiro atoms. The minimum absolute atomic E-state index is 0. The average molecular weight is 389 g/mol. The van der Waals surface area contributed by atoms with Gasteiger partial charge in [0.15, 0.2) is 0 Å². The Bertz CT molecular complexity index is 409. The van der Waals surface area contributed by atoms with E-state index in [9.17, 15) is 0 Å². The van der Waals surface area contributed by atoms with Gasteiger partial charge in [-0.2, -0.15) is 0 Å². The topological polar surface area (TPSA) is 0 Å². The van der Waals surface area contributed by atoms with Crippen LogP contribution in [-0.4, -0.2) is 6.65 Å². The van der Waals surface area contributed by atoms with Crippen LogP contribution in [-0.2, 0) is 25.5 Å². The number of hydrogen-bond donors (Lipinski definition) is 0. The zero-order valence-electron chi connectivity index (χ0n) is 10.6. The first-order valence-electron chi connectivity index (χ1n) is 6.08. The van der Waals surface area contributed by atoms with E-state index in [1.165, 1.54) is 12.5 Å². The average Bonchev–Trinajstić information content (AvgIpc) is 2.82. The molecule has 0 amide bonds. The Morgan fingerprint density at radius 1 is 1.18 bits per heavy atom. The van der Waals surface area contributed by atoms with Crippen molar-refractivity contribution >= 4 is 23.6 Å². The fraction of sp³-hybridized carbons (Fsp3) is 0.286. The molecule has 0 fully saturated rings. The third-order valence-corrected chi connectivity index (χ3v) is 24.5. The van der Waals surface area contributed by atoms with Crippen molar-refractivity contribution in [1.29, 1.82) is 0 Å². The first-order chi connectivity index (χ1) is 7.68. The number of hydrogen-bond acceptors (Lipinski definition) is 0. The van der Waals surface area contributed by atoms with Gasteiger partial charge in [0.1, 0.15) is 0 Å². The van der Waals surface area contributed by atoms with Crippen molar-refractivity contribution in [2.75, 3.05) is 0 Å². The number of allylic oxidation sites excluding steroid dienone is 4. The molecule has 0 N–H and O–H groups in total. The van der Waals surface area contributed by atoms with Crippen LogP contribution in [0, 0.1) is 0 Å². The van der Waals surface area contributed by atoms with Gasteiger partial charge in [-0.3, -0.25) is 0 Å². The van der Waals surface area contributed by atoms with E-state index in [1.54, 1.807) is 5.56 Å². The molecular weight excluding hydrogens is 367 g/mol. The zero-order chi connectivity index (χ0) is 11.4. The molecule has 0 nitrogen and oxygen atoms in total. The van der Waals surface area contributed by atoms with Crippen molar-refractivity contribution in [3.63, 3.8) is 0 Å². The molecule has 0 saturated carbocycles. The normalized spacial score (nSPS) is 15.1. The number of benzene rings is 1. The predicted octanol–water partition coefficient (Wildman–Crippen LogP) is 3.94. The number of rotatable bonds is 4. The third kappa shape index (κ3) is 4.46. The summed E-state index contributed by atoms with van der Waals surface area (Å²) >= 11 is -1.78. The molecule has 1 aliphatic carbocycles. The van der Waals surface area contributed by atoms with Crippen LogP contribution in [0.4, 0.5) is 0 Å². The summed E-state index contributed by atoms with van der Waals surface area (Å²) in [6, 6.07) is 12.4. The molecule has 1 aliphatic rings. The van der Waals surface area contributed by atoms with Gasteiger partial charge in [-0.05, 0) is 0 Å². The van der Waals surface area contributed by atoms with Crippen molar-refractivity contribution in [3.8, 4) is 0 Å². The SMILES string of the molecule is Br.[CH3][Zr]([CH3])([SiH2]Cc1ccccc1)[C]1=CC=CC1. The van der Waals surface area contributed by atoms with Gasteiger partial charge in [-0.15, -0.1) is 17.0 Å². The van der Waals surface area contributed by atoms with Gasteiger partial charge in [-0.25, -0.2) is 0 Å². The molecule has 0 atom stereocenters. The maximum absolute atomic E-state index is 2.63. The van der Waals surface area contributed by atoms with Crippen molar-refractivity contribution in [3.05, 3.63) is 57.4 Å². The van der Waals surface area contributed by atoms with Gasteiger partial charge in [0.25, 0.3) is 0 Å². The predicted molar refractivity (Wildman–Crippen MR) is 82.6 cm³/mol. The Balaban J connectivity index is 0.00000144. The summed E-state index contributed by atoms with van der Waals surface area (Å²) in [4.78, 5) is 0. The summed E-state index contributed by atoms with van der Waals surface area (Å²) in [6.07, 6.45) is 8.26. The second kappa shape index (κ2) is 7.01. The molecule has 17 heavy (non-hydrogen) atoms. The first kappa shape index (κ1) is 15.3. The molecule has 0 bridgehead atoms. The van der Waals surface area contributed by atoms with E-state index in [1.807, 2.05) is 3.28 Å². The van der Waals surface area contributed by atoms with Crippen molar-refractivity contribution in [2.45, 2.75) is 21.7 Å². The van der Waals surface area contributed by atoms with Crippen molar-refractivity contribution in [2.24, 2.45) is 0 Å². The molecule has 0 aromatic heterocycles. The summed E-state index contributed by atoms with van der Waals surface area (Å²) in [5, 5.41) is 0. The molecule has 2 rings (SSSR count). The molecule has 0 saturated heterocycles. The van der Waals surface area contributed by atoms with Crippen LogP contribution in [0.2, 0.25) is 9.26 Å². The summed E-state index contributed by atoms with van der Waals surface area (Å²) in [7, 11) is 0. The standard InChI is InChI=1S/C7H9Si.C5H5.2CH3.BrH.Zr/c8-6-7-4-2-1-3-5-7;1-2-4-5-3-1;;;;/h1-5H,6,8H2;1-3H,4H2;2*1H3;1H;. The van der Waals surface area contributed by atoms with E-state index in [2.05, 4.69) is 57.8 Å². The third-order valence-electron chi connectivity index (χ3n) is 3.52. The zero-order valence-corrected chi connectivity index (χ0v) is 16.2. The number of halogens is 1. The van der Waals surface area contributed by atoms with Gasteiger partial charge in [-0.1, -0.05) is 0 Å². The van der Waals surface area contributed by atoms with E-state index < -0.39 is 19.4 Å². The molecule has 3 heteroatoms. The first-order valence-corrected chi connectivity index (χ1v) is 19.2. The van der Waals surface area contributed by atoms with E-state index in [0.29, 0.717) is 0 Å². The van der Waals surface area contributed by atoms with Gasteiger partial charge in [0, 0.05) is 0 Å². The second-order valence-electron chi connectivity index (χ2n) is 5.19. The fourth-order valence-corrected chi connectivity index (χ4v) is 17.4. The van der Waals surface area contributed by atoms with Gasteiger partial charge < -0.3 is 0 Å². The molecule has 92 valence electrons. The maximum atomic E-state index is 2.63. The molecule has 0 aliphatic heterocycles. The summed E-state index contributed by atoms with van der Waals surface area (Å²) in [5.74, 6) is 0. The Labute approximate surface area is 121 Å². The van der Waals surface area contributed by atoms with Crippen LogP contribution in [0.25, 0.3) is 0 Å². The molecule has 0 radical (unpaired) electrons. The van der Waals surface area contributed by atoms with E-state index in [-0.39, 0.29) is 23.6 Å². The van der Waals surface area contributed by atoms with Crippen LogP contribution < -0.4 is 0 Å². The van der Waals surface area contributed by atoms with Gasteiger partial charge >= 0.3 is 105 Å². The summed E-state index contributed by atoms with van der Waals surface area (Å²) in [6.45, 7) is 0.113. The Kier molecular flexibility index (Phi) is 6.33. The molecule has 1 aromatic carbocycles. The fourth-order valence-electron chi connectivity index (χ4n) is 2.21. The van der Waals surface area contributed by atoms with Gasteiger partial charge in [0.05, 0.1) is 0 Å². The van der Waals surface area contributed by atoms with E-state index in [0.717, 1.165) is 0 Å². The van der Waals surface area contributed by atoms with E-state index >= 15 is 0 Å². The van der Waals surface area contributed by atoms with Crippen LogP contribution in [0.5, 0.6) is 0 Å². The minimum atomic E-state index is -1.78. The Morgan fingerprint density at radius 2 is 1.88 bits per heavy atom.